The molecule has 2 heterocycles. The van der Waals surface area contributed by atoms with Crippen LogP contribution in [-0.4, -0.2) is 57.1 Å². The highest BCUT2D eigenvalue weighted by molar-refractivity contribution is 5.80. The summed E-state index contributed by atoms with van der Waals surface area (Å²) in [5, 5.41) is 3.39. The van der Waals surface area contributed by atoms with Gasteiger partial charge in [-0.05, 0) is 24.1 Å². The number of hydrogen-bond donors (Lipinski definition) is 1. The minimum atomic E-state index is 0.921. The molecule has 19 heavy (non-hydrogen) atoms. The number of aliphatic imine (C=N–C) groups is 1. The van der Waals surface area contributed by atoms with Gasteiger partial charge in [0.05, 0.1) is 12.9 Å². The third-order valence-corrected chi connectivity index (χ3v) is 3.89. The van der Waals surface area contributed by atoms with E-state index in [1.54, 1.807) is 0 Å². The maximum Gasteiger partial charge on any atom is 0.0895 e. The summed E-state index contributed by atoms with van der Waals surface area (Å²) in [7, 11) is 0. The molecule has 0 unspecified atom stereocenters. The van der Waals surface area contributed by atoms with Gasteiger partial charge >= 0.3 is 0 Å². The lowest BCUT2D eigenvalue weighted by atomic mass is 10.1. The first-order valence-electron chi connectivity index (χ1n) is 7.20. The molecule has 0 amide bonds. The number of hydrogen-bond acceptors (Lipinski definition) is 4. The highest BCUT2D eigenvalue weighted by atomic mass is 15.2. The zero-order chi connectivity index (χ0) is 12.9. The molecule has 0 spiro atoms. The molecule has 0 aliphatic carbocycles. The Balaban J connectivity index is 1.52. The summed E-state index contributed by atoms with van der Waals surface area (Å²) in [4.78, 5) is 9.00. The fourth-order valence-corrected chi connectivity index (χ4v) is 2.65. The SMILES string of the molecule is C1=NCCN1c1ccc(CCN2CCNCC2)cc1. The van der Waals surface area contributed by atoms with Gasteiger partial charge in [0.1, 0.15) is 0 Å². The molecule has 2 aliphatic heterocycles. The standard InChI is InChI=1S/C15H22N4/c1-3-15(19-12-8-17-13-19)4-2-14(1)5-9-18-10-6-16-7-11-18/h1-4,13,16H,5-12H2. The molecule has 1 saturated heterocycles. The van der Waals surface area contributed by atoms with Gasteiger partial charge < -0.3 is 15.1 Å². The van der Waals surface area contributed by atoms with Gasteiger partial charge in [0.25, 0.3) is 0 Å². The van der Waals surface area contributed by atoms with E-state index in [0.29, 0.717) is 0 Å². The summed E-state index contributed by atoms with van der Waals surface area (Å²) in [6, 6.07) is 8.93. The fourth-order valence-electron chi connectivity index (χ4n) is 2.65. The fraction of sp³-hybridized carbons (Fsp3) is 0.533. The molecule has 0 radical (unpaired) electrons. The van der Waals surface area contributed by atoms with Crippen molar-refractivity contribution in [2.24, 2.45) is 4.99 Å². The maximum absolute atomic E-state index is 4.25. The molecule has 0 bridgehead atoms. The van der Waals surface area contributed by atoms with Crippen LogP contribution in [0.5, 0.6) is 0 Å². The second-order valence-corrected chi connectivity index (χ2v) is 5.22. The highest BCUT2D eigenvalue weighted by Gasteiger charge is 2.10. The Kier molecular flexibility index (Phi) is 4.10. The number of anilines is 1. The zero-order valence-electron chi connectivity index (χ0n) is 11.4. The minimum absolute atomic E-state index is 0.921. The van der Waals surface area contributed by atoms with E-state index >= 15 is 0 Å². The van der Waals surface area contributed by atoms with Gasteiger partial charge in [0, 0.05) is 45.0 Å². The number of nitrogens with zero attached hydrogens (tertiary/aromatic N) is 3. The highest BCUT2D eigenvalue weighted by Crippen LogP contribution is 2.16. The summed E-state index contributed by atoms with van der Waals surface area (Å²) >= 11 is 0. The Hall–Kier alpha value is -1.39. The molecular weight excluding hydrogens is 236 g/mol. The molecule has 4 heteroatoms. The van der Waals surface area contributed by atoms with Crippen molar-refractivity contribution in [3.05, 3.63) is 29.8 Å². The molecule has 102 valence electrons. The van der Waals surface area contributed by atoms with Crippen molar-refractivity contribution < 1.29 is 0 Å². The van der Waals surface area contributed by atoms with Crippen molar-refractivity contribution in [3.63, 3.8) is 0 Å². The van der Waals surface area contributed by atoms with Crippen LogP contribution < -0.4 is 10.2 Å². The van der Waals surface area contributed by atoms with E-state index in [-0.39, 0.29) is 0 Å². The van der Waals surface area contributed by atoms with Gasteiger partial charge in [-0.2, -0.15) is 0 Å². The van der Waals surface area contributed by atoms with E-state index in [1.165, 1.54) is 30.9 Å². The number of rotatable bonds is 4. The molecular formula is C15H22N4. The van der Waals surface area contributed by atoms with Crippen LogP contribution in [0.2, 0.25) is 0 Å². The van der Waals surface area contributed by atoms with E-state index in [1.807, 2.05) is 6.34 Å². The third kappa shape index (κ3) is 3.33. The summed E-state index contributed by atoms with van der Waals surface area (Å²) in [5.74, 6) is 0. The first kappa shape index (κ1) is 12.6. The van der Waals surface area contributed by atoms with Gasteiger partial charge in [-0.25, -0.2) is 0 Å². The summed E-state index contributed by atoms with van der Waals surface area (Å²) in [6.45, 7) is 7.74. The lowest BCUT2D eigenvalue weighted by Gasteiger charge is -2.27. The zero-order valence-corrected chi connectivity index (χ0v) is 11.4. The van der Waals surface area contributed by atoms with E-state index in [0.717, 1.165) is 32.6 Å². The van der Waals surface area contributed by atoms with Crippen LogP contribution in [0.1, 0.15) is 5.56 Å². The van der Waals surface area contributed by atoms with Gasteiger partial charge in [-0.3, -0.25) is 4.99 Å². The molecule has 1 N–H and O–H groups in total. The van der Waals surface area contributed by atoms with Crippen molar-refractivity contribution in [1.82, 2.24) is 10.2 Å². The number of benzene rings is 1. The average Bonchev–Trinajstić information content (AvgIpc) is 3.01. The van der Waals surface area contributed by atoms with Gasteiger partial charge in [0.15, 0.2) is 0 Å². The summed E-state index contributed by atoms with van der Waals surface area (Å²) in [5.41, 5.74) is 2.69. The molecule has 0 saturated carbocycles. The average molecular weight is 258 g/mol. The second-order valence-electron chi connectivity index (χ2n) is 5.22. The molecule has 1 aromatic rings. The number of piperazine rings is 1. The number of nitrogens with one attached hydrogen (secondary N) is 1. The van der Waals surface area contributed by atoms with Crippen molar-refractivity contribution >= 4 is 12.0 Å². The van der Waals surface area contributed by atoms with E-state index in [2.05, 4.69) is 44.4 Å². The Morgan fingerprint density at radius 3 is 2.53 bits per heavy atom. The molecule has 4 nitrogen and oxygen atoms in total. The Bertz CT molecular complexity index is 420. The smallest absolute Gasteiger partial charge is 0.0895 e. The van der Waals surface area contributed by atoms with Gasteiger partial charge in [-0.15, -0.1) is 0 Å². The topological polar surface area (TPSA) is 30.9 Å². The lowest BCUT2D eigenvalue weighted by Crippen LogP contribution is -2.44. The Morgan fingerprint density at radius 2 is 1.84 bits per heavy atom. The quantitative estimate of drug-likeness (QED) is 0.873. The maximum atomic E-state index is 4.25. The minimum Gasteiger partial charge on any atom is -0.331 e. The first-order chi connectivity index (χ1) is 9.42. The first-order valence-corrected chi connectivity index (χ1v) is 7.20. The van der Waals surface area contributed by atoms with Crippen LogP contribution in [0.25, 0.3) is 0 Å². The largest absolute Gasteiger partial charge is 0.331 e. The van der Waals surface area contributed by atoms with Gasteiger partial charge in [-0.1, -0.05) is 12.1 Å². The van der Waals surface area contributed by atoms with Crippen molar-refractivity contribution in [2.75, 3.05) is 50.7 Å². The molecule has 1 fully saturated rings. The van der Waals surface area contributed by atoms with Crippen LogP contribution in [0.3, 0.4) is 0 Å². The molecule has 3 rings (SSSR count). The van der Waals surface area contributed by atoms with Crippen LogP contribution >= 0.6 is 0 Å². The summed E-state index contributed by atoms with van der Waals surface area (Å²) < 4.78 is 0. The van der Waals surface area contributed by atoms with Crippen LogP contribution in [0.15, 0.2) is 29.3 Å². The molecule has 1 aromatic carbocycles. The van der Waals surface area contributed by atoms with Crippen molar-refractivity contribution in [3.8, 4) is 0 Å². The van der Waals surface area contributed by atoms with Crippen LogP contribution in [0, 0.1) is 0 Å². The predicted octanol–water partition coefficient (Wildman–Crippen LogP) is 0.983. The molecule has 0 atom stereocenters. The Labute approximate surface area is 115 Å². The van der Waals surface area contributed by atoms with Gasteiger partial charge in [0.2, 0.25) is 0 Å². The van der Waals surface area contributed by atoms with E-state index in [9.17, 15) is 0 Å². The normalized spacial score (nSPS) is 20.1. The second kappa shape index (κ2) is 6.17. The molecule has 0 aromatic heterocycles. The third-order valence-electron chi connectivity index (χ3n) is 3.89. The van der Waals surface area contributed by atoms with E-state index < -0.39 is 0 Å². The summed E-state index contributed by atoms with van der Waals surface area (Å²) in [6.07, 6.45) is 3.09. The lowest BCUT2D eigenvalue weighted by molar-refractivity contribution is 0.244. The predicted molar refractivity (Wildman–Crippen MR) is 80.2 cm³/mol. The van der Waals surface area contributed by atoms with Crippen molar-refractivity contribution in [2.45, 2.75) is 6.42 Å². The molecule has 2 aliphatic rings. The van der Waals surface area contributed by atoms with E-state index in [4.69, 9.17) is 0 Å². The monoisotopic (exact) mass is 258 g/mol. The van der Waals surface area contributed by atoms with Crippen LogP contribution in [0.4, 0.5) is 5.69 Å². The van der Waals surface area contributed by atoms with Crippen LogP contribution in [-0.2, 0) is 6.42 Å². The van der Waals surface area contributed by atoms with Crippen molar-refractivity contribution in [1.29, 1.82) is 0 Å². The Morgan fingerprint density at radius 1 is 1.05 bits per heavy atom.